The fraction of sp³-hybridized carbons (Fsp3) is 0.393. The molecule has 198 valence electrons. The summed E-state index contributed by atoms with van der Waals surface area (Å²) in [7, 11) is -3.93. The van der Waals surface area contributed by atoms with E-state index in [9.17, 15) is 13.2 Å². The summed E-state index contributed by atoms with van der Waals surface area (Å²) in [5, 5.41) is 0.774. The zero-order valence-electron chi connectivity index (χ0n) is 22.7. The molecule has 1 aromatic heterocycles. The molecule has 0 saturated carbocycles. The van der Waals surface area contributed by atoms with Crippen molar-refractivity contribution in [2.24, 2.45) is 0 Å². The molecule has 3 rings (SSSR count). The molecule has 0 radical (unpaired) electrons. The molecule has 0 saturated heterocycles. The van der Waals surface area contributed by atoms with Gasteiger partial charge in [-0.15, -0.1) is 5.54 Å². The van der Waals surface area contributed by atoms with Gasteiger partial charge in [-0.05, 0) is 57.5 Å². The van der Waals surface area contributed by atoms with Gasteiger partial charge in [0.1, 0.15) is 13.7 Å². The number of halogens is 1. The van der Waals surface area contributed by atoms with E-state index in [-0.39, 0.29) is 4.90 Å². The van der Waals surface area contributed by atoms with Crippen LogP contribution in [-0.2, 0) is 21.2 Å². The molecule has 0 spiro atoms. The van der Waals surface area contributed by atoms with Crippen LogP contribution < -0.4 is 0 Å². The molecule has 0 fully saturated rings. The van der Waals surface area contributed by atoms with E-state index >= 15 is 0 Å². The molecule has 9 heteroatoms. The number of aromatic nitrogens is 1. The third kappa shape index (κ3) is 7.06. The maximum Gasteiger partial charge on any atom is 0.411 e. The number of hydrogen-bond acceptors (Lipinski definition) is 4. The third-order valence-electron chi connectivity index (χ3n) is 5.58. The molecular formula is C28H35BrN2O4SSi. The molecule has 6 nitrogen and oxygen atoms in total. The molecule has 37 heavy (non-hydrogen) atoms. The van der Waals surface area contributed by atoms with Crippen LogP contribution in [0.15, 0.2) is 58.0 Å². The van der Waals surface area contributed by atoms with Gasteiger partial charge in [0.2, 0.25) is 0 Å². The van der Waals surface area contributed by atoms with E-state index in [0.29, 0.717) is 11.9 Å². The normalized spacial score (nSPS) is 13.1. The van der Waals surface area contributed by atoms with E-state index in [0.717, 1.165) is 21.0 Å². The number of aryl methyl sites for hydroxylation is 1. The number of hydrogen-bond donors (Lipinski definition) is 0. The number of rotatable bonds is 5. The Hall–Kier alpha value is -2.54. The lowest BCUT2D eigenvalue weighted by Crippen LogP contribution is -2.41. The lowest BCUT2D eigenvalue weighted by molar-refractivity contribution is 0.0262. The zero-order chi connectivity index (χ0) is 27.8. The minimum Gasteiger partial charge on any atom is -0.444 e. The van der Waals surface area contributed by atoms with Gasteiger partial charge >= 0.3 is 6.09 Å². The Morgan fingerprint density at radius 1 is 1.14 bits per heavy atom. The number of ether oxygens (including phenoxy) is 1. The predicted octanol–water partition coefficient (Wildman–Crippen LogP) is 6.61. The van der Waals surface area contributed by atoms with E-state index in [1.54, 1.807) is 43.6 Å². The molecule has 2 aromatic carbocycles. The summed E-state index contributed by atoms with van der Waals surface area (Å²) < 4.78 is 35.0. The average molecular weight is 604 g/mol. The van der Waals surface area contributed by atoms with E-state index in [1.165, 1.54) is 8.87 Å². The molecule has 0 N–H and O–H groups in total. The Morgan fingerprint density at radius 2 is 1.76 bits per heavy atom. The zero-order valence-corrected chi connectivity index (χ0v) is 26.1. The number of nitrogens with zero attached hydrogens (tertiary/aromatic N) is 2. The first kappa shape index (κ1) is 29.0. The summed E-state index contributed by atoms with van der Waals surface area (Å²) in [6.45, 7) is 13.8. The van der Waals surface area contributed by atoms with Gasteiger partial charge in [0.15, 0.2) is 0 Å². The molecule has 1 unspecified atom stereocenters. The summed E-state index contributed by atoms with van der Waals surface area (Å²) in [4.78, 5) is 14.7. The predicted molar refractivity (Wildman–Crippen MR) is 156 cm³/mol. The Morgan fingerprint density at radius 3 is 2.32 bits per heavy atom. The lowest BCUT2D eigenvalue weighted by atomic mass is 10.0. The Labute approximate surface area is 230 Å². The first-order valence-corrected chi connectivity index (χ1v) is 17.8. The van der Waals surface area contributed by atoms with Gasteiger partial charge in [-0.3, -0.25) is 4.90 Å². The van der Waals surface area contributed by atoms with Gasteiger partial charge in [0.05, 0.1) is 16.5 Å². The second-order valence-electron chi connectivity index (χ2n) is 11.2. The SMILES string of the molecule is Cc1ccc(S(=O)(=O)n2cc(CC(C#C[Si](C)(C)C)N(C)C(=O)OC(C)(C)C)c3c(Br)cccc32)cc1. The van der Waals surface area contributed by atoms with Crippen LogP contribution in [0.5, 0.6) is 0 Å². The van der Waals surface area contributed by atoms with Crippen molar-refractivity contribution in [3.63, 3.8) is 0 Å². The van der Waals surface area contributed by atoms with Crippen LogP contribution in [0.4, 0.5) is 4.79 Å². The number of benzene rings is 2. The van der Waals surface area contributed by atoms with Gasteiger partial charge in [-0.2, -0.15) is 0 Å². The van der Waals surface area contributed by atoms with Gasteiger partial charge < -0.3 is 4.74 Å². The molecule has 0 aliphatic heterocycles. The van der Waals surface area contributed by atoms with E-state index in [4.69, 9.17) is 4.74 Å². The lowest BCUT2D eigenvalue weighted by Gasteiger charge is -2.28. The van der Waals surface area contributed by atoms with Gasteiger partial charge in [-0.25, -0.2) is 17.2 Å². The van der Waals surface area contributed by atoms with Gasteiger partial charge in [-0.1, -0.05) is 65.3 Å². The smallest absolute Gasteiger partial charge is 0.411 e. The molecule has 1 atom stereocenters. The van der Waals surface area contributed by atoms with Crippen molar-refractivity contribution in [1.82, 2.24) is 8.87 Å². The standard InChI is InChI=1S/C28H35BrN2O4SSi/c1-20-12-14-23(15-13-20)36(33,34)31-19-21(26-24(29)10-9-11-25(26)31)18-22(16-17-37(6,7)8)30(5)27(32)35-28(2,3)4/h9-15,19,22H,18H2,1-8H3. The summed E-state index contributed by atoms with van der Waals surface area (Å²) >= 11 is 3.62. The van der Waals surface area contributed by atoms with E-state index < -0.39 is 35.8 Å². The van der Waals surface area contributed by atoms with Crippen LogP contribution >= 0.6 is 15.9 Å². The van der Waals surface area contributed by atoms with E-state index in [1.807, 2.05) is 39.8 Å². The van der Waals surface area contributed by atoms with Gasteiger partial charge in [0.25, 0.3) is 10.0 Å². The van der Waals surface area contributed by atoms with Crippen LogP contribution in [0.2, 0.25) is 19.6 Å². The molecule has 3 aromatic rings. The minimum atomic E-state index is -3.85. The van der Waals surface area contributed by atoms with E-state index in [2.05, 4.69) is 47.0 Å². The maximum absolute atomic E-state index is 13.7. The highest BCUT2D eigenvalue weighted by molar-refractivity contribution is 9.10. The second-order valence-corrected chi connectivity index (χ2v) is 18.7. The van der Waals surface area contributed by atoms with Crippen molar-refractivity contribution in [2.45, 2.75) is 70.3 Å². The summed E-state index contributed by atoms with van der Waals surface area (Å²) in [6.07, 6.45) is 1.51. The number of amides is 1. The summed E-state index contributed by atoms with van der Waals surface area (Å²) in [5.41, 5.74) is 5.03. The van der Waals surface area contributed by atoms with Crippen LogP contribution in [0.25, 0.3) is 10.9 Å². The fourth-order valence-electron chi connectivity index (χ4n) is 3.72. The van der Waals surface area contributed by atoms with Crippen LogP contribution in [-0.4, -0.2) is 50.1 Å². The monoisotopic (exact) mass is 602 g/mol. The van der Waals surface area contributed by atoms with Crippen LogP contribution in [0.1, 0.15) is 31.9 Å². The van der Waals surface area contributed by atoms with Crippen molar-refractivity contribution in [3.8, 4) is 11.5 Å². The quantitative estimate of drug-likeness (QED) is 0.243. The second kappa shape index (κ2) is 10.7. The molecular weight excluding hydrogens is 568 g/mol. The van der Waals surface area contributed by atoms with Crippen LogP contribution in [0, 0.1) is 18.4 Å². The van der Waals surface area contributed by atoms with Crippen molar-refractivity contribution >= 4 is 51.0 Å². The number of fused-ring (bicyclic) bond motifs is 1. The molecule has 0 bridgehead atoms. The maximum atomic E-state index is 13.7. The highest BCUT2D eigenvalue weighted by Gasteiger charge is 2.28. The molecule has 1 heterocycles. The topological polar surface area (TPSA) is 68.6 Å². The van der Waals surface area contributed by atoms with Crippen LogP contribution in [0.3, 0.4) is 0 Å². The largest absolute Gasteiger partial charge is 0.444 e. The molecule has 0 aliphatic carbocycles. The fourth-order valence-corrected chi connectivity index (χ4v) is 6.32. The first-order chi connectivity index (χ1) is 17.0. The van der Waals surface area contributed by atoms with Crippen molar-refractivity contribution in [2.75, 3.05) is 7.05 Å². The summed E-state index contributed by atoms with van der Waals surface area (Å²) in [6, 6.07) is 11.8. The highest BCUT2D eigenvalue weighted by Crippen LogP contribution is 2.33. The van der Waals surface area contributed by atoms with Gasteiger partial charge in [0, 0.05) is 29.5 Å². The van der Waals surface area contributed by atoms with Crippen molar-refractivity contribution in [3.05, 3.63) is 64.3 Å². The molecule has 0 aliphatic rings. The number of likely N-dealkylation sites (N-methyl/N-ethyl adjacent to an activating group) is 1. The average Bonchev–Trinajstić information content (AvgIpc) is 3.15. The van der Waals surface area contributed by atoms with Crippen molar-refractivity contribution in [1.29, 1.82) is 0 Å². The molecule has 1 amide bonds. The number of carbonyl (C=O) groups is 1. The Balaban J connectivity index is 2.15. The summed E-state index contributed by atoms with van der Waals surface area (Å²) in [5.74, 6) is 3.31. The first-order valence-electron chi connectivity index (χ1n) is 12.1. The Kier molecular flexibility index (Phi) is 8.37. The van der Waals surface area contributed by atoms with Crippen molar-refractivity contribution < 1.29 is 17.9 Å². The third-order valence-corrected chi connectivity index (χ3v) is 8.82. The minimum absolute atomic E-state index is 0.211. The highest BCUT2D eigenvalue weighted by atomic mass is 79.9. The Bertz CT molecular complexity index is 1470. The number of carbonyl (C=O) groups excluding carboxylic acids is 1.